The third-order valence-electron chi connectivity index (χ3n) is 2.31. The predicted octanol–water partition coefficient (Wildman–Crippen LogP) is 2.19. The van der Waals surface area contributed by atoms with Gasteiger partial charge in [0.1, 0.15) is 0 Å². The van der Waals surface area contributed by atoms with E-state index in [0.717, 1.165) is 0 Å². The molecule has 0 radical (unpaired) electrons. The molecule has 108 valence electrons. The largest absolute Gasteiger partial charge is 0.493 e. The fourth-order valence-corrected chi connectivity index (χ4v) is 1.31. The van der Waals surface area contributed by atoms with Gasteiger partial charge in [0.15, 0.2) is 11.5 Å². The topological polar surface area (TPSA) is 73.6 Å². The summed E-state index contributed by atoms with van der Waals surface area (Å²) in [4.78, 5) is 11.7. The molecule has 0 aliphatic carbocycles. The number of rotatable bonds is 5. The minimum absolute atomic E-state index is 0. The number of benzene rings is 1. The molecule has 6 heteroatoms. The van der Waals surface area contributed by atoms with E-state index in [2.05, 4.69) is 5.32 Å². The van der Waals surface area contributed by atoms with E-state index in [1.165, 1.54) is 0 Å². The SMILES string of the molecule is CCOc1cc(NC(=O)C(C)(C)N)ccc1OC.Cl. The summed E-state index contributed by atoms with van der Waals surface area (Å²) in [6.07, 6.45) is 0. The summed E-state index contributed by atoms with van der Waals surface area (Å²) in [5, 5.41) is 2.73. The van der Waals surface area contributed by atoms with Gasteiger partial charge in [-0.05, 0) is 32.9 Å². The highest BCUT2D eigenvalue weighted by Crippen LogP contribution is 2.30. The summed E-state index contributed by atoms with van der Waals surface area (Å²) < 4.78 is 10.6. The minimum atomic E-state index is -0.925. The van der Waals surface area contributed by atoms with Crippen molar-refractivity contribution in [3.8, 4) is 11.5 Å². The van der Waals surface area contributed by atoms with Crippen LogP contribution in [0.5, 0.6) is 11.5 Å². The quantitative estimate of drug-likeness (QED) is 0.871. The van der Waals surface area contributed by atoms with Crippen LogP contribution in [0.15, 0.2) is 18.2 Å². The van der Waals surface area contributed by atoms with Crippen molar-refractivity contribution in [2.24, 2.45) is 5.73 Å². The molecule has 0 aliphatic rings. The van der Waals surface area contributed by atoms with E-state index in [0.29, 0.717) is 23.8 Å². The monoisotopic (exact) mass is 288 g/mol. The Hall–Kier alpha value is -1.46. The summed E-state index contributed by atoms with van der Waals surface area (Å²) in [5.41, 5.74) is 5.41. The molecule has 1 aromatic rings. The first kappa shape index (κ1) is 17.5. The van der Waals surface area contributed by atoms with Crippen molar-refractivity contribution in [3.63, 3.8) is 0 Å². The molecule has 0 atom stereocenters. The standard InChI is InChI=1S/C13H20N2O3.ClH/c1-5-18-11-8-9(6-7-10(11)17-4)15-12(16)13(2,3)14;/h6-8H,5,14H2,1-4H3,(H,15,16);1H. The number of nitrogens with two attached hydrogens (primary N) is 1. The molecule has 0 bridgehead atoms. The van der Waals surface area contributed by atoms with E-state index in [9.17, 15) is 4.79 Å². The number of hydrogen-bond donors (Lipinski definition) is 2. The fraction of sp³-hybridized carbons (Fsp3) is 0.462. The Kier molecular flexibility index (Phi) is 6.65. The number of ether oxygens (including phenoxy) is 2. The van der Waals surface area contributed by atoms with E-state index in [1.807, 2.05) is 6.92 Å². The number of hydrogen-bond acceptors (Lipinski definition) is 4. The third-order valence-corrected chi connectivity index (χ3v) is 2.31. The first-order valence-electron chi connectivity index (χ1n) is 5.79. The maximum atomic E-state index is 11.7. The summed E-state index contributed by atoms with van der Waals surface area (Å²) in [5.74, 6) is 0.963. The number of anilines is 1. The molecule has 0 spiro atoms. The number of carbonyl (C=O) groups is 1. The number of carbonyl (C=O) groups excluding carboxylic acids is 1. The molecule has 1 rings (SSSR count). The van der Waals surface area contributed by atoms with Gasteiger partial charge in [-0.25, -0.2) is 0 Å². The summed E-state index contributed by atoms with van der Waals surface area (Å²) in [6, 6.07) is 5.20. The van der Waals surface area contributed by atoms with Crippen LogP contribution in [0.25, 0.3) is 0 Å². The summed E-state index contributed by atoms with van der Waals surface area (Å²) >= 11 is 0. The zero-order valence-electron chi connectivity index (χ0n) is 11.6. The molecular weight excluding hydrogens is 268 g/mol. The van der Waals surface area contributed by atoms with Gasteiger partial charge in [-0.2, -0.15) is 0 Å². The van der Waals surface area contributed by atoms with Gasteiger partial charge in [-0.1, -0.05) is 0 Å². The Labute approximate surface area is 119 Å². The molecule has 0 heterocycles. The van der Waals surface area contributed by atoms with Crippen LogP contribution in [0.4, 0.5) is 5.69 Å². The lowest BCUT2D eigenvalue weighted by atomic mass is 10.1. The van der Waals surface area contributed by atoms with Crippen LogP contribution in [-0.2, 0) is 4.79 Å². The van der Waals surface area contributed by atoms with Crippen molar-refractivity contribution in [2.75, 3.05) is 19.0 Å². The average Bonchev–Trinajstić information content (AvgIpc) is 2.28. The second-order valence-corrected chi connectivity index (χ2v) is 4.47. The van der Waals surface area contributed by atoms with E-state index < -0.39 is 5.54 Å². The van der Waals surface area contributed by atoms with Crippen LogP contribution < -0.4 is 20.5 Å². The van der Waals surface area contributed by atoms with Crippen molar-refractivity contribution < 1.29 is 14.3 Å². The molecule has 3 N–H and O–H groups in total. The van der Waals surface area contributed by atoms with Crippen molar-refractivity contribution in [3.05, 3.63) is 18.2 Å². The Morgan fingerprint density at radius 3 is 2.47 bits per heavy atom. The van der Waals surface area contributed by atoms with Crippen LogP contribution in [0.1, 0.15) is 20.8 Å². The lowest BCUT2D eigenvalue weighted by Crippen LogP contribution is -2.45. The average molecular weight is 289 g/mol. The molecule has 19 heavy (non-hydrogen) atoms. The van der Waals surface area contributed by atoms with Gasteiger partial charge in [-0.15, -0.1) is 12.4 Å². The van der Waals surface area contributed by atoms with Crippen molar-refractivity contribution in [1.82, 2.24) is 0 Å². The van der Waals surface area contributed by atoms with Crippen molar-refractivity contribution in [2.45, 2.75) is 26.3 Å². The number of halogens is 1. The molecular formula is C13H21ClN2O3. The minimum Gasteiger partial charge on any atom is -0.493 e. The zero-order valence-corrected chi connectivity index (χ0v) is 12.5. The lowest BCUT2D eigenvalue weighted by Gasteiger charge is -2.18. The molecule has 5 nitrogen and oxygen atoms in total. The number of methoxy groups -OCH3 is 1. The maximum absolute atomic E-state index is 11.7. The number of nitrogens with one attached hydrogen (secondary N) is 1. The highest BCUT2D eigenvalue weighted by Gasteiger charge is 2.22. The Balaban J connectivity index is 0.00000324. The van der Waals surface area contributed by atoms with Gasteiger partial charge in [0.25, 0.3) is 0 Å². The smallest absolute Gasteiger partial charge is 0.243 e. The molecule has 1 aromatic carbocycles. The van der Waals surface area contributed by atoms with Gasteiger partial charge in [0, 0.05) is 11.8 Å². The number of amides is 1. The predicted molar refractivity (Wildman–Crippen MR) is 78.3 cm³/mol. The van der Waals surface area contributed by atoms with Crippen molar-refractivity contribution in [1.29, 1.82) is 0 Å². The molecule has 0 saturated carbocycles. The van der Waals surface area contributed by atoms with Crippen LogP contribution in [0.2, 0.25) is 0 Å². The highest BCUT2D eigenvalue weighted by atomic mass is 35.5. The third kappa shape index (κ3) is 4.96. The van der Waals surface area contributed by atoms with Gasteiger partial charge in [0.2, 0.25) is 5.91 Å². The van der Waals surface area contributed by atoms with E-state index >= 15 is 0 Å². The fourth-order valence-electron chi connectivity index (χ4n) is 1.31. The van der Waals surface area contributed by atoms with Gasteiger partial charge in [0.05, 0.1) is 19.3 Å². The molecule has 0 saturated heterocycles. The van der Waals surface area contributed by atoms with Crippen molar-refractivity contribution >= 4 is 24.0 Å². The van der Waals surface area contributed by atoms with Crippen LogP contribution in [0.3, 0.4) is 0 Å². The second-order valence-electron chi connectivity index (χ2n) is 4.47. The van der Waals surface area contributed by atoms with Crippen LogP contribution in [-0.4, -0.2) is 25.2 Å². The van der Waals surface area contributed by atoms with E-state index in [4.69, 9.17) is 15.2 Å². The second kappa shape index (κ2) is 7.21. The van der Waals surface area contributed by atoms with Crippen LogP contribution in [0, 0.1) is 0 Å². The molecule has 0 unspecified atom stereocenters. The molecule has 0 fully saturated rings. The Bertz CT molecular complexity index is 430. The Morgan fingerprint density at radius 2 is 2.00 bits per heavy atom. The summed E-state index contributed by atoms with van der Waals surface area (Å²) in [6.45, 7) is 5.70. The molecule has 0 aromatic heterocycles. The van der Waals surface area contributed by atoms with E-state index in [1.54, 1.807) is 39.2 Å². The zero-order chi connectivity index (χ0) is 13.8. The first-order chi connectivity index (χ1) is 8.38. The Morgan fingerprint density at radius 1 is 1.37 bits per heavy atom. The lowest BCUT2D eigenvalue weighted by molar-refractivity contribution is -0.120. The van der Waals surface area contributed by atoms with Gasteiger partial charge >= 0.3 is 0 Å². The van der Waals surface area contributed by atoms with E-state index in [-0.39, 0.29) is 18.3 Å². The van der Waals surface area contributed by atoms with Gasteiger partial charge < -0.3 is 20.5 Å². The molecule has 1 amide bonds. The highest BCUT2D eigenvalue weighted by molar-refractivity contribution is 5.97. The summed E-state index contributed by atoms with van der Waals surface area (Å²) in [7, 11) is 1.57. The van der Waals surface area contributed by atoms with Gasteiger partial charge in [-0.3, -0.25) is 4.79 Å². The first-order valence-corrected chi connectivity index (χ1v) is 5.79. The normalized spacial score (nSPS) is 10.4. The molecule has 0 aliphatic heterocycles. The maximum Gasteiger partial charge on any atom is 0.243 e. The van der Waals surface area contributed by atoms with Crippen LogP contribution >= 0.6 is 12.4 Å².